The van der Waals surface area contributed by atoms with Crippen LogP contribution in [-0.2, 0) is 33.6 Å². The van der Waals surface area contributed by atoms with E-state index in [1.165, 1.54) is 7.11 Å². The molecule has 2 aromatic rings. The number of anilines is 1. The Morgan fingerprint density at radius 2 is 2.09 bits per heavy atom. The van der Waals surface area contributed by atoms with E-state index in [4.69, 9.17) is 10.5 Å². The highest BCUT2D eigenvalue weighted by Crippen LogP contribution is 2.40. The lowest BCUT2D eigenvalue weighted by Gasteiger charge is -2.26. The van der Waals surface area contributed by atoms with Crippen molar-refractivity contribution >= 4 is 12.3 Å². The minimum Gasteiger partial charge on any atom is -0.507 e. The number of aromatic nitrogens is 2. The maximum Gasteiger partial charge on any atom is 0.416 e. The second-order valence-electron chi connectivity index (χ2n) is 7.90. The number of ether oxygens (including phenoxy) is 2. The maximum atomic E-state index is 13.2. The lowest BCUT2D eigenvalue weighted by Crippen LogP contribution is -2.39. The summed E-state index contributed by atoms with van der Waals surface area (Å²) in [5.41, 5.74) is 6.96. The number of rotatable bonds is 8. The normalized spacial score (nSPS) is 15.7. The van der Waals surface area contributed by atoms with Crippen molar-refractivity contribution in [1.29, 1.82) is 0 Å². The Kier molecular flexibility index (Phi) is 10.7. The summed E-state index contributed by atoms with van der Waals surface area (Å²) >= 11 is 0. The molecule has 1 aliphatic rings. The number of carbonyl (C=O) groups is 1. The van der Waals surface area contributed by atoms with Crippen molar-refractivity contribution in [3.8, 4) is 17.0 Å². The SMILES string of the molecule is CCOC=O.COCc1cc(C(F)(F)F)cc(O)c1-c1nnc(NC2CCCNC2)c(CN)c1C. The molecule has 0 radical (unpaired) electrons. The Bertz CT molecular complexity index is 983. The lowest BCUT2D eigenvalue weighted by molar-refractivity contribution is -0.137. The number of nitrogens with two attached hydrogens (primary N) is 1. The van der Waals surface area contributed by atoms with Crippen LogP contribution in [0.15, 0.2) is 12.1 Å². The second kappa shape index (κ2) is 13.2. The molecule has 0 spiro atoms. The van der Waals surface area contributed by atoms with Crippen molar-refractivity contribution in [2.75, 3.05) is 32.1 Å². The molecule has 1 fully saturated rings. The number of nitrogens with one attached hydrogen (secondary N) is 2. The summed E-state index contributed by atoms with van der Waals surface area (Å²) in [6.07, 6.45) is -2.57. The van der Waals surface area contributed by atoms with Gasteiger partial charge in [0, 0.05) is 37.4 Å². The number of benzene rings is 1. The van der Waals surface area contributed by atoms with Gasteiger partial charge < -0.3 is 30.9 Å². The molecule has 0 saturated carbocycles. The number of methoxy groups -OCH3 is 1. The fourth-order valence-corrected chi connectivity index (χ4v) is 3.79. The highest BCUT2D eigenvalue weighted by atomic mass is 19.4. The van der Waals surface area contributed by atoms with Gasteiger partial charge in [-0.2, -0.15) is 13.2 Å². The van der Waals surface area contributed by atoms with Gasteiger partial charge in [-0.1, -0.05) is 0 Å². The summed E-state index contributed by atoms with van der Waals surface area (Å²) in [5, 5.41) is 25.6. The molecule has 1 aromatic heterocycles. The number of carbonyl (C=O) groups excluding carboxylic acids is 1. The summed E-state index contributed by atoms with van der Waals surface area (Å²) in [5.74, 6) is 0.0154. The summed E-state index contributed by atoms with van der Waals surface area (Å²) in [4.78, 5) is 9.18. The van der Waals surface area contributed by atoms with Crippen LogP contribution in [0.1, 0.15) is 42.0 Å². The molecule has 1 saturated heterocycles. The van der Waals surface area contributed by atoms with E-state index in [1.54, 1.807) is 13.8 Å². The molecular weight excluding hydrogens is 467 g/mol. The van der Waals surface area contributed by atoms with Gasteiger partial charge >= 0.3 is 6.18 Å². The number of nitrogens with zero attached hydrogens (tertiary/aromatic N) is 2. The first-order valence-corrected chi connectivity index (χ1v) is 11.2. The van der Waals surface area contributed by atoms with Gasteiger partial charge in [0.05, 0.1) is 18.8 Å². The van der Waals surface area contributed by atoms with Gasteiger partial charge in [-0.25, -0.2) is 0 Å². The van der Waals surface area contributed by atoms with Crippen LogP contribution in [0.3, 0.4) is 0 Å². The first kappa shape index (κ1) is 28.3. The third kappa shape index (κ3) is 7.51. The van der Waals surface area contributed by atoms with E-state index in [-0.39, 0.29) is 36.0 Å². The minimum absolute atomic E-state index is 0.125. The van der Waals surface area contributed by atoms with Crippen molar-refractivity contribution in [3.63, 3.8) is 0 Å². The molecule has 0 amide bonds. The van der Waals surface area contributed by atoms with Gasteiger partial charge in [-0.15, -0.1) is 10.2 Å². The highest BCUT2D eigenvalue weighted by molar-refractivity contribution is 5.75. The van der Waals surface area contributed by atoms with Gasteiger partial charge in [0.2, 0.25) is 0 Å². The maximum absolute atomic E-state index is 13.2. The van der Waals surface area contributed by atoms with E-state index < -0.39 is 17.5 Å². The average molecular weight is 500 g/mol. The van der Waals surface area contributed by atoms with Crippen LogP contribution in [-0.4, -0.2) is 54.6 Å². The predicted molar refractivity (Wildman–Crippen MR) is 125 cm³/mol. The standard InChI is InChI=1S/C20H26F3N5O2.C3H6O2/c1-11-15(8-24)19(26-14-4-3-5-25-9-14)28-27-18(11)17-12(10-30-2)6-13(7-16(17)29)20(21,22)23;1-2-5-3-4/h6-7,14,25,29H,3-5,8-10,24H2,1-2H3,(H,26,28);3H,2H2,1H3. The Balaban J connectivity index is 0.000000784. The van der Waals surface area contributed by atoms with E-state index in [9.17, 15) is 23.1 Å². The minimum atomic E-state index is -4.59. The zero-order valence-electron chi connectivity index (χ0n) is 20.0. The van der Waals surface area contributed by atoms with Crippen LogP contribution < -0.4 is 16.4 Å². The largest absolute Gasteiger partial charge is 0.507 e. The van der Waals surface area contributed by atoms with Crippen LogP contribution in [0.4, 0.5) is 19.0 Å². The van der Waals surface area contributed by atoms with E-state index in [2.05, 4.69) is 25.6 Å². The summed E-state index contributed by atoms with van der Waals surface area (Å²) in [6, 6.07) is 1.84. The summed E-state index contributed by atoms with van der Waals surface area (Å²) in [6.45, 7) is 6.24. The monoisotopic (exact) mass is 499 g/mol. The number of hydrogen-bond acceptors (Lipinski definition) is 9. The number of halogens is 3. The zero-order chi connectivity index (χ0) is 26.0. The Morgan fingerprint density at radius 3 is 2.60 bits per heavy atom. The van der Waals surface area contributed by atoms with Crippen molar-refractivity contribution in [3.05, 3.63) is 34.4 Å². The van der Waals surface area contributed by atoms with E-state index in [0.717, 1.165) is 32.0 Å². The molecule has 1 aliphatic heterocycles. The Morgan fingerprint density at radius 1 is 1.34 bits per heavy atom. The highest BCUT2D eigenvalue weighted by Gasteiger charge is 2.33. The fraction of sp³-hybridized carbons (Fsp3) is 0.522. The molecule has 0 aliphatic carbocycles. The Hall–Kier alpha value is -2.96. The number of phenols is 1. The quantitative estimate of drug-likeness (QED) is 0.405. The summed E-state index contributed by atoms with van der Waals surface area (Å²) < 4.78 is 48.8. The molecule has 194 valence electrons. The molecule has 9 nitrogen and oxygen atoms in total. The number of piperidine rings is 1. The lowest BCUT2D eigenvalue weighted by atomic mass is 9.95. The van der Waals surface area contributed by atoms with Crippen molar-refractivity contribution in [2.24, 2.45) is 5.73 Å². The topological polar surface area (TPSA) is 132 Å². The zero-order valence-corrected chi connectivity index (χ0v) is 20.0. The molecule has 1 aromatic carbocycles. The van der Waals surface area contributed by atoms with Crippen LogP contribution in [0.5, 0.6) is 5.75 Å². The molecule has 2 heterocycles. The third-order valence-corrected chi connectivity index (χ3v) is 5.48. The van der Waals surface area contributed by atoms with Gasteiger partial charge in [0.25, 0.3) is 6.47 Å². The molecule has 3 rings (SSSR count). The molecular formula is C23H32F3N5O4. The molecule has 5 N–H and O–H groups in total. The van der Waals surface area contributed by atoms with Crippen LogP contribution in [0.25, 0.3) is 11.3 Å². The van der Waals surface area contributed by atoms with Crippen LogP contribution in [0, 0.1) is 6.92 Å². The number of aromatic hydroxyl groups is 1. The van der Waals surface area contributed by atoms with Crippen molar-refractivity contribution in [1.82, 2.24) is 15.5 Å². The van der Waals surface area contributed by atoms with Gasteiger partial charge in [0.1, 0.15) is 11.4 Å². The first-order valence-electron chi connectivity index (χ1n) is 11.2. The molecule has 1 unspecified atom stereocenters. The summed E-state index contributed by atoms with van der Waals surface area (Å²) in [7, 11) is 1.37. The number of alkyl halides is 3. The third-order valence-electron chi connectivity index (χ3n) is 5.48. The smallest absolute Gasteiger partial charge is 0.416 e. The molecule has 35 heavy (non-hydrogen) atoms. The van der Waals surface area contributed by atoms with Gasteiger partial charge in [0.15, 0.2) is 5.82 Å². The number of phenolic OH excluding ortho intramolecular Hbond substituents is 1. The van der Waals surface area contributed by atoms with E-state index in [1.807, 2.05) is 0 Å². The van der Waals surface area contributed by atoms with Crippen molar-refractivity contribution in [2.45, 2.75) is 52.1 Å². The average Bonchev–Trinajstić information content (AvgIpc) is 2.81. The van der Waals surface area contributed by atoms with Gasteiger partial charge in [-0.3, -0.25) is 4.79 Å². The van der Waals surface area contributed by atoms with Crippen molar-refractivity contribution < 1.29 is 32.5 Å². The predicted octanol–water partition coefficient (Wildman–Crippen LogP) is 3.12. The Labute approximate surface area is 202 Å². The van der Waals surface area contributed by atoms with E-state index in [0.29, 0.717) is 36.1 Å². The van der Waals surface area contributed by atoms with E-state index >= 15 is 0 Å². The fourth-order valence-electron chi connectivity index (χ4n) is 3.79. The second-order valence-corrected chi connectivity index (χ2v) is 7.90. The first-order chi connectivity index (χ1) is 16.7. The van der Waals surface area contributed by atoms with Gasteiger partial charge in [-0.05, 0) is 56.5 Å². The van der Waals surface area contributed by atoms with Crippen LogP contribution in [0.2, 0.25) is 0 Å². The molecule has 0 bridgehead atoms. The molecule has 1 atom stereocenters. The number of hydrogen-bond donors (Lipinski definition) is 4. The molecule has 12 heteroatoms. The van der Waals surface area contributed by atoms with Crippen LogP contribution >= 0.6 is 0 Å².